The van der Waals surface area contributed by atoms with Crippen molar-refractivity contribution in [3.8, 4) is 0 Å². The molecule has 1 aromatic rings. The van der Waals surface area contributed by atoms with E-state index in [1.807, 2.05) is 0 Å². The fourth-order valence-corrected chi connectivity index (χ4v) is 4.41. The first-order valence-electron chi connectivity index (χ1n) is 5.10. The van der Waals surface area contributed by atoms with Gasteiger partial charge in [-0.05, 0) is 53.9 Å². The molecule has 1 aromatic carbocycles. The van der Waals surface area contributed by atoms with Crippen LogP contribution in [0.15, 0.2) is 21.1 Å². The summed E-state index contributed by atoms with van der Waals surface area (Å²) < 4.78 is 2.60. The lowest BCUT2D eigenvalue weighted by atomic mass is 9.61. The number of benzene rings is 1. The zero-order valence-corrected chi connectivity index (χ0v) is 11.3. The molecule has 14 heavy (non-hydrogen) atoms. The zero-order valence-electron chi connectivity index (χ0n) is 8.11. The predicted molar refractivity (Wildman–Crippen MR) is 65.6 cm³/mol. The summed E-state index contributed by atoms with van der Waals surface area (Å²) in [6.07, 6.45) is 4.04. The molecule has 0 aromatic heterocycles. The van der Waals surface area contributed by atoms with E-state index in [4.69, 9.17) is 0 Å². The molecule has 0 heterocycles. The Morgan fingerprint density at radius 2 is 2.00 bits per heavy atom. The first-order chi connectivity index (χ1) is 6.63. The van der Waals surface area contributed by atoms with Gasteiger partial charge in [-0.15, -0.1) is 0 Å². The number of rotatable bonds is 0. The predicted octanol–water partition coefficient (Wildman–Crippen LogP) is 4.44. The molecule has 3 rings (SSSR count). The van der Waals surface area contributed by atoms with Gasteiger partial charge in [0.15, 0.2) is 0 Å². The Labute approximate surface area is 101 Å². The van der Waals surface area contributed by atoms with Gasteiger partial charge >= 0.3 is 0 Å². The molecule has 1 saturated carbocycles. The van der Waals surface area contributed by atoms with Crippen LogP contribution < -0.4 is 0 Å². The molecule has 2 atom stereocenters. The van der Waals surface area contributed by atoms with Crippen LogP contribution in [0.25, 0.3) is 0 Å². The molecule has 2 aliphatic carbocycles. The Morgan fingerprint density at radius 3 is 2.64 bits per heavy atom. The molecule has 0 saturated heterocycles. The maximum absolute atomic E-state index is 3.70. The fourth-order valence-electron chi connectivity index (χ4n) is 3.10. The van der Waals surface area contributed by atoms with Crippen molar-refractivity contribution >= 4 is 31.9 Å². The highest BCUT2D eigenvalue weighted by Crippen LogP contribution is 2.58. The molecule has 2 unspecified atom stereocenters. The molecule has 0 radical (unpaired) electrons. The first kappa shape index (κ1) is 9.41. The molecule has 2 heteroatoms. The smallest absolute Gasteiger partial charge is 0.0216 e. The summed E-state index contributed by atoms with van der Waals surface area (Å²) in [5.41, 5.74) is 3.59. The standard InChI is InChI=1S/C12H12Br2/c1-12-5-4-7(12)6-8-9(13)2-3-10(14)11(8)12/h2-3,7H,4-6H2,1H3. The topological polar surface area (TPSA) is 0 Å². The van der Waals surface area contributed by atoms with Crippen LogP contribution in [0, 0.1) is 5.92 Å². The van der Waals surface area contributed by atoms with Crippen molar-refractivity contribution in [3.63, 3.8) is 0 Å². The van der Waals surface area contributed by atoms with E-state index in [9.17, 15) is 0 Å². The Bertz CT molecular complexity index is 411. The van der Waals surface area contributed by atoms with Crippen molar-refractivity contribution in [1.29, 1.82) is 0 Å². The monoisotopic (exact) mass is 314 g/mol. The summed E-state index contributed by atoms with van der Waals surface area (Å²) in [7, 11) is 0. The van der Waals surface area contributed by atoms with E-state index in [0.29, 0.717) is 5.41 Å². The average Bonchev–Trinajstić information content (AvgIpc) is 2.34. The van der Waals surface area contributed by atoms with Crippen LogP contribution >= 0.6 is 31.9 Å². The average molecular weight is 316 g/mol. The van der Waals surface area contributed by atoms with Gasteiger partial charge in [0.25, 0.3) is 0 Å². The maximum Gasteiger partial charge on any atom is 0.0216 e. The van der Waals surface area contributed by atoms with Crippen LogP contribution in [0.2, 0.25) is 0 Å². The summed E-state index contributed by atoms with van der Waals surface area (Å²) in [6, 6.07) is 4.34. The Kier molecular flexibility index (Phi) is 1.92. The van der Waals surface area contributed by atoms with E-state index in [0.717, 1.165) is 5.92 Å². The van der Waals surface area contributed by atoms with Gasteiger partial charge in [-0.25, -0.2) is 0 Å². The first-order valence-corrected chi connectivity index (χ1v) is 6.69. The molecule has 74 valence electrons. The van der Waals surface area contributed by atoms with Gasteiger partial charge in [0.05, 0.1) is 0 Å². The molecule has 2 aliphatic rings. The van der Waals surface area contributed by atoms with Crippen LogP contribution in [0.1, 0.15) is 30.9 Å². The second-order valence-corrected chi connectivity index (χ2v) is 6.45. The van der Waals surface area contributed by atoms with E-state index in [-0.39, 0.29) is 0 Å². The minimum absolute atomic E-state index is 0.470. The number of fused-ring (bicyclic) bond motifs is 3. The zero-order chi connectivity index (χ0) is 9.92. The van der Waals surface area contributed by atoms with Gasteiger partial charge in [-0.2, -0.15) is 0 Å². The van der Waals surface area contributed by atoms with Gasteiger partial charge in [0, 0.05) is 8.95 Å². The minimum atomic E-state index is 0.470. The molecule has 0 aliphatic heterocycles. The number of halogens is 2. The second kappa shape index (κ2) is 2.85. The lowest BCUT2D eigenvalue weighted by Gasteiger charge is -2.43. The fraction of sp³-hybridized carbons (Fsp3) is 0.500. The van der Waals surface area contributed by atoms with E-state index < -0.39 is 0 Å². The van der Waals surface area contributed by atoms with Crippen molar-refractivity contribution in [1.82, 2.24) is 0 Å². The van der Waals surface area contributed by atoms with Crippen LogP contribution in [0.3, 0.4) is 0 Å². The second-order valence-electron chi connectivity index (χ2n) is 4.74. The van der Waals surface area contributed by atoms with Gasteiger partial charge in [0.1, 0.15) is 0 Å². The van der Waals surface area contributed by atoms with Crippen molar-refractivity contribution < 1.29 is 0 Å². The number of hydrogen-bond donors (Lipinski definition) is 0. The van der Waals surface area contributed by atoms with E-state index >= 15 is 0 Å². The van der Waals surface area contributed by atoms with Gasteiger partial charge in [-0.3, -0.25) is 0 Å². The highest BCUT2D eigenvalue weighted by molar-refractivity contribution is 9.11. The van der Waals surface area contributed by atoms with Crippen molar-refractivity contribution in [2.75, 3.05) is 0 Å². The highest BCUT2D eigenvalue weighted by Gasteiger charge is 2.50. The Balaban J connectivity index is 2.27. The third kappa shape index (κ3) is 0.992. The molecule has 0 bridgehead atoms. The third-order valence-corrected chi connectivity index (χ3v) is 5.54. The van der Waals surface area contributed by atoms with Gasteiger partial charge < -0.3 is 0 Å². The largest absolute Gasteiger partial charge is 0.0552 e. The lowest BCUT2D eigenvalue weighted by Crippen LogP contribution is -2.38. The third-order valence-electron chi connectivity index (χ3n) is 4.14. The summed E-state index contributed by atoms with van der Waals surface area (Å²) in [5, 5.41) is 0. The molecular formula is C12H12Br2. The van der Waals surface area contributed by atoms with Crippen molar-refractivity contribution in [3.05, 3.63) is 32.2 Å². The van der Waals surface area contributed by atoms with Gasteiger partial charge in [-0.1, -0.05) is 38.8 Å². The normalized spacial score (nSPS) is 33.5. The maximum atomic E-state index is 3.70. The van der Waals surface area contributed by atoms with Crippen LogP contribution in [-0.4, -0.2) is 0 Å². The molecule has 1 fully saturated rings. The van der Waals surface area contributed by atoms with Crippen molar-refractivity contribution in [2.24, 2.45) is 5.92 Å². The lowest BCUT2D eigenvalue weighted by molar-refractivity contribution is 0.163. The van der Waals surface area contributed by atoms with E-state index in [1.165, 1.54) is 28.2 Å². The molecule has 0 N–H and O–H groups in total. The SMILES string of the molecule is CC12CCC1Cc1c(Br)ccc(Br)c12. The van der Waals surface area contributed by atoms with Crippen LogP contribution in [0.4, 0.5) is 0 Å². The van der Waals surface area contributed by atoms with E-state index in [2.05, 4.69) is 50.9 Å². The Hall–Kier alpha value is 0.180. The van der Waals surface area contributed by atoms with Crippen LogP contribution in [0.5, 0.6) is 0 Å². The molecule has 0 amide bonds. The highest BCUT2D eigenvalue weighted by atomic mass is 79.9. The summed E-state index contributed by atoms with van der Waals surface area (Å²) in [6.45, 7) is 2.42. The number of hydrogen-bond acceptors (Lipinski definition) is 0. The molecule has 0 spiro atoms. The quantitative estimate of drug-likeness (QED) is 0.664. The van der Waals surface area contributed by atoms with Crippen molar-refractivity contribution in [2.45, 2.75) is 31.6 Å². The van der Waals surface area contributed by atoms with Gasteiger partial charge in [0.2, 0.25) is 0 Å². The van der Waals surface area contributed by atoms with E-state index in [1.54, 1.807) is 11.1 Å². The van der Waals surface area contributed by atoms with Crippen LogP contribution in [-0.2, 0) is 11.8 Å². The minimum Gasteiger partial charge on any atom is -0.0552 e. The Morgan fingerprint density at radius 1 is 1.29 bits per heavy atom. The summed E-state index contributed by atoms with van der Waals surface area (Å²) in [4.78, 5) is 0. The summed E-state index contributed by atoms with van der Waals surface area (Å²) in [5.74, 6) is 0.896. The molecular weight excluding hydrogens is 304 g/mol. The summed E-state index contributed by atoms with van der Waals surface area (Å²) >= 11 is 7.37. The molecule has 0 nitrogen and oxygen atoms in total.